The third-order valence-electron chi connectivity index (χ3n) is 3.78. The molecule has 1 aliphatic carbocycles. The molecular weight excluding hydrogens is 204 g/mol. The first kappa shape index (κ1) is 11.5. The summed E-state index contributed by atoms with van der Waals surface area (Å²) in [4.78, 5) is 11.9. The Morgan fingerprint density at radius 1 is 1.44 bits per heavy atom. The Morgan fingerprint density at radius 3 is 2.75 bits per heavy atom. The molecule has 0 bridgehead atoms. The van der Waals surface area contributed by atoms with Gasteiger partial charge in [0.2, 0.25) is 0 Å². The Kier molecular flexibility index (Phi) is 3.19. The van der Waals surface area contributed by atoms with Crippen molar-refractivity contribution in [2.24, 2.45) is 13.0 Å². The Balaban J connectivity index is 2.29. The van der Waals surface area contributed by atoms with Gasteiger partial charge in [-0.1, -0.05) is 13.3 Å². The molecule has 4 nitrogen and oxygen atoms in total. The van der Waals surface area contributed by atoms with Crippen molar-refractivity contribution in [3.8, 4) is 0 Å². The maximum Gasteiger partial charge on any atom is 0.328 e. The van der Waals surface area contributed by atoms with Crippen LogP contribution >= 0.6 is 0 Å². The van der Waals surface area contributed by atoms with Crippen LogP contribution in [0, 0.1) is 5.92 Å². The number of nitrogens with zero attached hydrogens (tertiary/aromatic N) is 2. The van der Waals surface area contributed by atoms with Crippen molar-refractivity contribution in [2.75, 3.05) is 0 Å². The van der Waals surface area contributed by atoms with E-state index in [1.165, 1.54) is 0 Å². The minimum atomic E-state index is -0.250. The fourth-order valence-electron chi connectivity index (χ4n) is 2.74. The molecule has 3 atom stereocenters. The maximum absolute atomic E-state index is 11.9. The van der Waals surface area contributed by atoms with Crippen LogP contribution in [-0.4, -0.2) is 20.3 Å². The lowest BCUT2D eigenvalue weighted by atomic mass is 9.81. The summed E-state index contributed by atoms with van der Waals surface area (Å²) in [5.74, 6) is 0.517. The molecule has 0 amide bonds. The minimum Gasteiger partial charge on any atom is -0.393 e. The first-order chi connectivity index (χ1) is 7.63. The molecule has 4 heteroatoms. The van der Waals surface area contributed by atoms with E-state index in [4.69, 9.17) is 0 Å². The van der Waals surface area contributed by atoms with E-state index >= 15 is 0 Å². The number of aryl methyl sites for hydroxylation is 1. The normalized spacial score (nSPS) is 30.6. The number of rotatable bonds is 2. The van der Waals surface area contributed by atoms with Crippen LogP contribution in [0.15, 0.2) is 17.2 Å². The molecule has 1 N–H and O–H groups in total. The number of imidazole rings is 1. The lowest BCUT2D eigenvalue weighted by Gasteiger charge is -2.34. The van der Waals surface area contributed by atoms with Crippen LogP contribution in [0.2, 0.25) is 0 Å². The quantitative estimate of drug-likeness (QED) is 0.823. The third kappa shape index (κ3) is 1.94. The highest BCUT2D eigenvalue weighted by atomic mass is 16.3. The molecule has 0 aliphatic heterocycles. The molecule has 0 spiro atoms. The van der Waals surface area contributed by atoms with Crippen LogP contribution in [0.3, 0.4) is 0 Å². The topological polar surface area (TPSA) is 47.2 Å². The van der Waals surface area contributed by atoms with Gasteiger partial charge in [0.1, 0.15) is 0 Å². The van der Waals surface area contributed by atoms with E-state index < -0.39 is 0 Å². The number of hydrogen-bond acceptors (Lipinski definition) is 2. The zero-order valence-corrected chi connectivity index (χ0v) is 9.97. The van der Waals surface area contributed by atoms with Crippen LogP contribution in [0.5, 0.6) is 0 Å². The maximum atomic E-state index is 11.9. The van der Waals surface area contributed by atoms with Crippen molar-refractivity contribution in [1.82, 2.24) is 9.13 Å². The molecule has 1 heterocycles. The van der Waals surface area contributed by atoms with Gasteiger partial charge in [0.15, 0.2) is 0 Å². The van der Waals surface area contributed by atoms with Gasteiger partial charge in [0.05, 0.1) is 6.10 Å². The lowest BCUT2D eigenvalue weighted by molar-refractivity contribution is 0.0699. The van der Waals surface area contributed by atoms with Crippen molar-refractivity contribution >= 4 is 0 Å². The van der Waals surface area contributed by atoms with E-state index in [1.807, 2.05) is 6.20 Å². The van der Waals surface area contributed by atoms with Gasteiger partial charge in [-0.3, -0.25) is 4.57 Å². The number of aliphatic hydroxyl groups excluding tert-OH is 1. The van der Waals surface area contributed by atoms with Crippen LogP contribution in [0.25, 0.3) is 0 Å². The molecule has 1 fully saturated rings. The predicted molar refractivity (Wildman–Crippen MR) is 62.3 cm³/mol. The first-order valence-electron chi connectivity index (χ1n) is 6.05. The van der Waals surface area contributed by atoms with Crippen molar-refractivity contribution in [3.05, 3.63) is 22.9 Å². The SMILES string of the molecule is CCC1CCC(O)CC1n1ccn(C)c1=O. The van der Waals surface area contributed by atoms with Crippen molar-refractivity contribution < 1.29 is 5.11 Å². The Labute approximate surface area is 95.5 Å². The zero-order chi connectivity index (χ0) is 11.7. The van der Waals surface area contributed by atoms with Gasteiger partial charge in [-0.05, 0) is 25.2 Å². The van der Waals surface area contributed by atoms with Crippen LogP contribution in [-0.2, 0) is 7.05 Å². The van der Waals surface area contributed by atoms with Gasteiger partial charge in [-0.15, -0.1) is 0 Å². The average molecular weight is 224 g/mol. The summed E-state index contributed by atoms with van der Waals surface area (Å²) in [5.41, 5.74) is 0.0255. The van der Waals surface area contributed by atoms with E-state index in [0.717, 1.165) is 19.3 Å². The van der Waals surface area contributed by atoms with E-state index in [1.54, 1.807) is 22.4 Å². The Morgan fingerprint density at radius 2 is 2.19 bits per heavy atom. The largest absolute Gasteiger partial charge is 0.393 e. The van der Waals surface area contributed by atoms with Gasteiger partial charge in [0, 0.05) is 25.5 Å². The fraction of sp³-hybridized carbons (Fsp3) is 0.750. The highest BCUT2D eigenvalue weighted by molar-refractivity contribution is 4.90. The molecule has 1 aromatic rings. The molecule has 3 unspecified atom stereocenters. The first-order valence-corrected chi connectivity index (χ1v) is 6.05. The van der Waals surface area contributed by atoms with Gasteiger partial charge in [0.25, 0.3) is 0 Å². The summed E-state index contributed by atoms with van der Waals surface area (Å²) in [6.07, 6.45) is 7.05. The van der Waals surface area contributed by atoms with Gasteiger partial charge < -0.3 is 9.67 Å². The predicted octanol–water partition coefficient (Wildman–Crippen LogP) is 1.30. The molecule has 16 heavy (non-hydrogen) atoms. The van der Waals surface area contributed by atoms with Crippen molar-refractivity contribution in [3.63, 3.8) is 0 Å². The summed E-state index contributed by atoms with van der Waals surface area (Å²) in [7, 11) is 1.76. The molecule has 90 valence electrons. The summed E-state index contributed by atoms with van der Waals surface area (Å²) < 4.78 is 3.38. The number of hydrogen-bond donors (Lipinski definition) is 1. The van der Waals surface area contributed by atoms with E-state index in [2.05, 4.69) is 6.92 Å². The monoisotopic (exact) mass is 224 g/mol. The minimum absolute atomic E-state index is 0.0255. The standard InChI is InChI=1S/C12H20N2O2/c1-3-9-4-5-10(15)8-11(9)14-7-6-13(2)12(14)16/h6-7,9-11,15H,3-5,8H2,1-2H3. The van der Waals surface area contributed by atoms with Crippen molar-refractivity contribution in [1.29, 1.82) is 0 Å². The fourth-order valence-corrected chi connectivity index (χ4v) is 2.74. The third-order valence-corrected chi connectivity index (χ3v) is 3.78. The lowest BCUT2D eigenvalue weighted by Crippen LogP contribution is -2.35. The molecule has 1 aliphatic rings. The van der Waals surface area contributed by atoms with Crippen LogP contribution < -0.4 is 5.69 Å². The highest BCUT2D eigenvalue weighted by Gasteiger charge is 2.30. The molecule has 0 aromatic carbocycles. The Bertz CT molecular complexity index is 407. The molecule has 1 aromatic heterocycles. The molecule has 2 rings (SSSR count). The van der Waals surface area contributed by atoms with Gasteiger partial charge >= 0.3 is 5.69 Å². The molecule has 1 saturated carbocycles. The van der Waals surface area contributed by atoms with Gasteiger partial charge in [-0.25, -0.2) is 4.79 Å². The van der Waals surface area contributed by atoms with Gasteiger partial charge in [-0.2, -0.15) is 0 Å². The smallest absolute Gasteiger partial charge is 0.328 e. The summed E-state index contributed by atoms with van der Waals surface area (Å²) in [6.45, 7) is 2.16. The van der Waals surface area contributed by atoms with E-state index in [-0.39, 0.29) is 17.8 Å². The second kappa shape index (κ2) is 4.45. The van der Waals surface area contributed by atoms with Crippen LogP contribution in [0.1, 0.15) is 38.6 Å². The molecular formula is C12H20N2O2. The summed E-state index contributed by atoms with van der Waals surface area (Å²) >= 11 is 0. The summed E-state index contributed by atoms with van der Waals surface area (Å²) in [5, 5.41) is 9.73. The van der Waals surface area contributed by atoms with E-state index in [0.29, 0.717) is 12.3 Å². The number of aromatic nitrogens is 2. The second-order valence-corrected chi connectivity index (χ2v) is 4.80. The summed E-state index contributed by atoms with van der Waals surface area (Å²) in [6, 6.07) is 0.169. The molecule has 0 saturated heterocycles. The second-order valence-electron chi connectivity index (χ2n) is 4.80. The van der Waals surface area contributed by atoms with E-state index in [9.17, 15) is 9.90 Å². The average Bonchev–Trinajstić information content (AvgIpc) is 2.60. The van der Waals surface area contributed by atoms with Crippen LogP contribution in [0.4, 0.5) is 0 Å². The molecule has 0 radical (unpaired) electrons. The number of aliphatic hydroxyl groups is 1. The highest BCUT2D eigenvalue weighted by Crippen LogP contribution is 2.35. The van der Waals surface area contributed by atoms with Crippen molar-refractivity contribution in [2.45, 2.75) is 44.8 Å². The Hall–Kier alpha value is -1.03. The zero-order valence-electron chi connectivity index (χ0n) is 9.97.